The van der Waals surface area contributed by atoms with E-state index in [1.54, 1.807) is 0 Å². The molecule has 6 heteroatoms. The van der Waals surface area contributed by atoms with Crippen LogP contribution in [0.4, 0.5) is 0 Å². The molecular weight excluding hydrogens is 348 g/mol. The number of aromatic nitrogens is 1. The van der Waals surface area contributed by atoms with Gasteiger partial charge in [-0.25, -0.2) is 4.79 Å². The minimum atomic E-state index is -0.998. The van der Waals surface area contributed by atoms with Crippen molar-refractivity contribution in [1.29, 1.82) is 0 Å². The fourth-order valence-electron chi connectivity index (χ4n) is 2.38. The van der Waals surface area contributed by atoms with Gasteiger partial charge in [0.15, 0.2) is 0 Å². The molecule has 0 unspecified atom stereocenters. The zero-order valence-corrected chi connectivity index (χ0v) is 14.1. The Bertz CT molecular complexity index is 694. The molecule has 0 radical (unpaired) electrons. The summed E-state index contributed by atoms with van der Waals surface area (Å²) in [6, 6.07) is 6.92. The molecule has 5 nitrogen and oxygen atoms in total. The summed E-state index contributed by atoms with van der Waals surface area (Å²) in [5.41, 5.74) is 0.931. The average Bonchev–Trinajstić information content (AvgIpc) is 2.80. The van der Waals surface area contributed by atoms with Gasteiger partial charge in [-0.1, -0.05) is 35.8 Å². The number of rotatable bonds is 6. The molecule has 0 spiro atoms. The van der Waals surface area contributed by atoms with Crippen LogP contribution in [0.3, 0.4) is 0 Å². The second-order valence-electron chi connectivity index (χ2n) is 5.73. The molecule has 0 saturated heterocycles. The first kappa shape index (κ1) is 16.5. The normalized spacial score (nSPS) is 12.5. The second-order valence-corrected chi connectivity index (χ2v) is 6.65. The average molecular weight is 367 g/mol. The Morgan fingerprint density at radius 2 is 2.05 bits per heavy atom. The third kappa shape index (κ3) is 4.10. The number of carbonyl (C=O) groups is 2. The number of nitrogens with zero attached hydrogens (tertiary/aromatic N) is 1. The number of carboxylic acid groups (broad SMARTS) is 1. The summed E-state index contributed by atoms with van der Waals surface area (Å²) in [7, 11) is 0. The summed E-state index contributed by atoms with van der Waals surface area (Å²) in [6.45, 7) is 3.96. The number of fused-ring (bicyclic) bond motifs is 1. The van der Waals surface area contributed by atoms with E-state index in [0.717, 1.165) is 15.4 Å². The highest BCUT2D eigenvalue weighted by atomic mass is 79.9. The number of amides is 1. The van der Waals surface area contributed by atoms with E-state index in [-0.39, 0.29) is 18.4 Å². The molecule has 2 rings (SSSR count). The summed E-state index contributed by atoms with van der Waals surface area (Å²) in [4.78, 5) is 23.3. The van der Waals surface area contributed by atoms with E-state index in [4.69, 9.17) is 0 Å². The van der Waals surface area contributed by atoms with E-state index < -0.39 is 12.0 Å². The predicted molar refractivity (Wildman–Crippen MR) is 88.7 cm³/mol. The van der Waals surface area contributed by atoms with Crippen LogP contribution in [0.2, 0.25) is 0 Å². The molecule has 2 N–H and O–H groups in total. The van der Waals surface area contributed by atoms with Gasteiger partial charge in [0, 0.05) is 16.2 Å². The van der Waals surface area contributed by atoms with Crippen molar-refractivity contribution < 1.29 is 14.7 Å². The van der Waals surface area contributed by atoms with Crippen molar-refractivity contribution in [3.63, 3.8) is 0 Å². The van der Waals surface area contributed by atoms with Crippen molar-refractivity contribution in [2.45, 2.75) is 32.9 Å². The minimum Gasteiger partial charge on any atom is -0.480 e. The Kier molecular flexibility index (Phi) is 5.24. The maximum atomic E-state index is 12.1. The molecule has 1 atom stereocenters. The highest BCUT2D eigenvalue weighted by molar-refractivity contribution is 9.10. The first-order chi connectivity index (χ1) is 10.4. The SMILES string of the molecule is CC(C)C[C@H](NC(=O)Cn1ccc2ccc(Br)cc21)C(=O)O. The van der Waals surface area contributed by atoms with Crippen LogP contribution in [0.5, 0.6) is 0 Å². The standard InChI is InChI=1S/C16H19BrN2O3/c1-10(2)7-13(16(21)22)18-15(20)9-19-6-5-11-3-4-12(17)8-14(11)19/h3-6,8,10,13H,7,9H2,1-2H3,(H,18,20)(H,21,22)/t13-/m0/s1. The molecule has 0 aliphatic carbocycles. The molecule has 0 aliphatic rings. The molecule has 0 fully saturated rings. The van der Waals surface area contributed by atoms with Gasteiger partial charge in [0.05, 0.1) is 0 Å². The van der Waals surface area contributed by atoms with Crippen molar-refractivity contribution >= 4 is 38.7 Å². The summed E-state index contributed by atoms with van der Waals surface area (Å²) in [6.07, 6.45) is 2.24. The number of benzene rings is 1. The predicted octanol–water partition coefficient (Wildman–Crippen LogP) is 3.02. The third-order valence-electron chi connectivity index (χ3n) is 3.39. The van der Waals surface area contributed by atoms with Crippen LogP contribution >= 0.6 is 15.9 Å². The molecule has 0 saturated carbocycles. The first-order valence-electron chi connectivity index (χ1n) is 7.13. The number of nitrogens with one attached hydrogen (secondary N) is 1. The lowest BCUT2D eigenvalue weighted by molar-refractivity contribution is -0.142. The second kappa shape index (κ2) is 6.96. The topological polar surface area (TPSA) is 71.3 Å². The van der Waals surface area contributed by atoms with Crippen LogP contribution in [0.15, 0.2) is 34.9 Å². The van der Waals surface area contributed by atoms with E-state index in [0.29, 0.717) is 6.42 Å². The fourth-order valence-corrected chi connectivity index (χ4v) is 2.73. The summed E-state index contributed by atoms with van der Waals surface area (Å²) in [5.74, 6) is -1.10. The molecular formula is C16H19BrN2O3. The molecule has 118 valence electrons. The van der Waals surface area contributed by atoms with Gasteiger partial charge >= 0.3 is 5.97 Å². The molecule has 0 bridgehead atoms. The smallest absolute Gasteiger partial charge is 0.326 e. The molecule has 0 aliphatic heterocycles. The van der Waals surface area contributed by atoms with E-state index in [1.165, 1.54) is 0 Å². The van der Waals surface area contributed by atoms with Crippen molar-refractivity contribution in [3.05, 3.63) is 34.9 Å². The lowest BCUT2D eigenvalue weighted by Gasteiger charge is -2.17. The maximum Gasteiger partial charge on any atom is 0.326 e. The van der Waals surface area contributed by atoms with Gasteiger partial charge in [-0.2, -0.15) is 0 Å². The monoisotopic (exact) mass is 366 g/mol. The van der Waals surface area contributed by atoms with Gasteiger partial charge < -0.3 is 15.0 Å². The summed E-state index contributed by atoms with van der Waals surface area (Å²) in [5, 5.41) is 12.8. The molecule has 22 heavy (non-hydrogen) atoms. The fraction of sp³-hybridized carbons (Fsp3) is 0.375. The quantitative estimate of drug-likeness (QED) is 0.825. The molecule has 1 aromatic carbocycles. The molecule has 1 amide bonds. The largest absolute Gasteiger partial charge is 0.480 e. The summed E-state index contributed by atoms with van der Waals surface area (Å²) < 4.78 is 2.74. The maximum absolute atomic E-state index is 12.1. The van der Waals surface area contributed by atoms with E-state index in [1.807, 2.05) is 48.9 Å². The van der Waals surface area contributed by atoms with Crippen LogP contribution in [0.1, 0.15) is 20.3 Å². The Morgan fingerprint density at radius 3 is 2.68 bits per heavy atom. The van der Waals surface area contributed by atoms with Gasteiger partial charge in [-0.15, -0.1) is 0 Å². The summed E-state index contributed by atoms with van der Waals surface area (Å²) >= 11 is 3.41. The number of halogens is 1. The highest BCUT2D eigenvalue weighted by Gasteiger charge is 2.21. The Labute approximate surface area is 137 Å². The lowest BCUT2D eigenvalue weighted by Crippen LogP contribution is -2.43. The Balaban J connectivity index is 2.10. The van der Waals surface area contributed by atoms with Crippen molar-refractivity contribution in [1.82, 2.24) is 9.88 Å². The molecule has 1 aromatic heterocycles. The van der Waals surface area contributed by atoms with Crippen LogP contribution in [-0.2, 0) is 16.1 Å². The zero-order chi connectivity index (χ0) is 16.3. The van der Waals surface area contributed by atoms with Gasteiger partial charge in [0.25, 0.3) is 0 Å². The van der Waals surface area contributed by atoms with Crippen LogP contribution in [-0.4, -0.2) is 27.6 Å². The van der Waals surface area contributed by atoms with Gasteiger partial charge in [0.1, 0.15) is 12.6 Å². The van der Waals surface area contributed by atoms with Crippen LogP contribution in [0.25, 0.3) is 10.9 Å². The zero-order valence-electron chi connectivity index (χ0n) is 12.5. The Morgan fingerprint density at radius 1 is 1.32 bits per heavy atom. The van der Waals surface area contributed by atoms with E-state index >= 15 is 0 Å². The first-order valence-corrected chi connectivity index (χ1v) is 7.92. The number of carboxylic acids is 1. The van der Waals surface area contributed by atoms with Crippen LogP contribution in [0, 0.1) is 5.92 Å². The molecule has 1 heterocycles. The number of hydrogen-bond donors (Lipinski definition) is 2. The minimum absolute atomic E-state index is 0.0990. The van der Waals surface area contributed by atoms with Crippen molar-refractivity contribution in [2.24, 2.45) is 5.92 Å². The van der Waals surface area contributed by atoms with Crippen molar-refractivity contribution in [3.8, 4) is 0 Å². The molecule has 2 aromatic rings. The number of hydrogen-bond acceptors (Lipinski definition) is 2. The van der Waals surface area contributed by atoms with Crippen molar-refractivity contribution in [2.75, 3.05) is 0 Å². The third-order valence-corrected chi connectivity index (χ3v) is 3.88. The number of carbonyl (C=O) groups excluding carboxylic acids is 1. The number of aliphatic carboxylic acids is 1. The Hall–Kier alpha value is -1.82. The van der Waals surface area contributed by atoms with Gasteiger partial charge in [-0.05, 0) is 35.9 Å². The lowest BCUT2D eigenvalue weighted by atomic mass is 10.0. The van der Waals surface area contributed by atoms with E-state index in [2.05, 4.69) is 21.2 Å². The highest BCUT2D eigenvalue weighted by Crippen LogP contribution is 2.20. The van der Waals surface area contributed by atoms with Gasteiger partial charge in [0.2, 0.25) is 5.91 Å². The van der Waals surface area contributed by atoms with E-state index in [9.17, 15) is 14.7 Å². The van der Waals surface area contributed by atoms with Crippen LogP contribution < -0.4 is 5.32 Å². The van der Waals surface area contributed by atoms with Gasteiger partial charge in [-0.3, -0.25) is 4.79 Å².